The minimum atomic E-state index is -0.449. The molecule has 1 heterocycles. The van der Waals surface area contributed by atoms with Gasteiger partial charge in [-0.15, -0.1) is 0 Å². The van der Waals surface area contributed by atoms with Gasteiger partial charge in [-0.1, -0.05) is 11.6 Å². The largest absolute Gasteiger partial charge is 0.444 e. The van der Waals surface area contributed by atoms with Gasteiger partial charge in [-0.05, 0) is 70.4 Å². The number of carbonyl (C=O) groups excluding carboxylic acids is 1. The molecular weight excluding hydrogens is 324 g/mol. The highest BCUT2D eigenvalue weighted by Crippen LogP contribution is 2.24. The highest BCUT2D eigenvalue weighted by Gasteiger charge is 2.30. The maximum Gasteiger partial charge on any atom is 0.410 e. The Morgan fingerprint density at radius 3 is 2.33 bits per heavy atom. The molecule has 0 radical (unpaired) electrons. The van der Waals surface area contributed by atoms with E-state index in [9.17, 15) is 4.79 Å². The number of halogens is 1. The Bertz CT molecular complexity index is 587. The van der Waals surface area contributed by atoms with Crippen molar-refractivity contribution in [3.8, 4) is 0 Å². The smallest absolute Gasteiger partial charge is 0.410 e. The second-order valence-electron chi connectivity index (χ2n) is 7.76. The van der Waals surface area contributed by atoms with Crippen LogP contribution in [0.15, 0.2) is 12.1 Å². The number of amides is 1. The number of nitrogens with zero attached hydrogens (tertiary/aromatic N) is 2. The van der Waals surface area contributed by atoms with Crippen LogP contribution in [0.3, 0.4) is 0 Å². The van der Waals surface area contributed by atoms with E-state index >= 15 is 0 Å². The van der Waals surface area contributed by atoms with Crippen LogP contribution in [0.2, 0.25) is 5.02 Å². The maximum absolute atomic E-state index is 12.2. The van der Waals surface area contributed by atoms with Crippen molar-refractivity contribution in [3.05, 3.63) is 33.8 Å². The van der Waals surface area contributed by atoms with Gasteiger partial charge in [0, 0.05) is 37.2 Å². The predicted octanol–water partition coefficient (Wildman–Crippen LogP) is 4.40. The fraction of sp³-hybridized carbons (Fsp3) is 0.632. The molecule has 1 saturated heterocycles. The van der Waals surface area contributed by atoms with Crippen LogP contribution in [-0.2, 0) is 11.3 Å². The Balaban J connectivity index is 2.01. The Kier molecular flexibility index (Phi) is 5.82. The van der Waals surface area contributed by atoms with E-state index in [2.05, 4.69) is 25.7 Å². The molecule has 0 aliphatic carbocycles. The second-order valence-corrected chi connectivity index (χ2v) is 8.20. The van der Waals surface area contributed by atoms with Gasteiger partial charge in [0.1, 0.15) is 5.60 Å². The summed E-state index contributed by atoms with van der Waals surface area (Å²) < 4.78 is 5.48. The summed E-state index contributed by atoms with van der Waals surface area (Å²) >= 11 is 6.13. The van der Waals surface area contributed by atoms with Gasteiger partial charge in [-0.3, -0.25) is 4.90 Å². The number of ether oxygens (including phenoxy) is 1. The van der Waals surface area contributed by atoms with Gasteiger partial charge >= 0.3 is 6.09 Å². The SMILES string of the molecule is Cc1cc(Cl)cc(C)c1CN1CCN(C(=O)OC(C)(C)C)CC1C. The average Bonchev–Trinajstić information content (AvgIpc) is 2.42. The molecule has 2 rings (SSSR count). The standard InChI is InChI=1S/C19H29ClN2O2/c1-13-9-16(20)10-14(2)17(13)12-21-7-8-22(11-15(21)3)18(23)24-19(4,5)6/h9-10,15H,7-8,11-12H2,1-6H3. The van der Waals surface area contributed by atoms with E-state index in [1.54, 1.807) is 0 Å². The molecule has 1 unspecified atom stereocenters. The lowest BCUT2D eigenvalue weighted by atomic mass is 10.0. The number of rotatable bonds is 2. The molecule has 0 saturated carbocycles. The first kappa shape index (κ1) is 19.1. The van der Waals surface area contributed by atoms with Gasteiger partial charge in [-0.2, -0.15) is 0 Å². The molecule has 1 aliphatic heterocycles. The summed E-state index contributed by atoms with van der Waals surface area (Å²) in [7, 11) is 0. The third-order valence-electron chi connectivity index (χ3n) is 4.44. The van der Waals surface area contributed by atoms with Crippen molar-refractivity contribution in [2.24, 2.45) is 0 Å². The van der Waals surface area contributed by atoms with Crippen molar-refractivity contribution >= 4 is 17.7 Å². The van der Waals surface area contributed by atoms with Crippen LogP contribution in [0.1, 0.15) is 44.4 Å². The summed E-state index contributed by atoms with van der Waals surface area (Å²) in [5.41, 5.74) is 3.33. The molecule has 1 amide bonds. The molecule has 4 nitrogen and oxygen atoms in total. The number of carbonyl (C=O) groups is 1. The average molecular weight is 353 g/mol. The van der Waals surface area contributed by atoms with Crippen LogP contribution >= 0.6 is 11.6 Å². The quantitative estimate of drug-likeness (QED) is 0.790. The van der Waals surface area contributed by atoms with Crippen LogP contribution in [0.25, 0.3) is 0 Å². The Labute approximate surface area is 150 Å². The minimum absolute atomic E-state index is 0.215. The maximum atomic E-state index is 12.2. The fourth-order valence-corrected chi connectivity index (χ4v) is 3.44. The van der Waals surface area contributed by atoms with Crippen molar-refractivity contribution < 1.29 is 9.53 Å². The molecule has 0 bridgehead atoms. The molecule has 1 atom stereocenters. The topological polar surface area (TPSA) is 32.8 Å². The number of piperazine rings is 1. The molecule has 1 fully saturated rings. The van der Waals surface area contributed by atoms with E-state index in [0.717, 1.165) is 18.1 Å². The summed E-state index contributed by atoms with van der Waals surface area (Å²) in [6.07, 6.45) is -0.215. The van der Waals surface area contributed by atoms with Gasteiger partial charge in [0.2, 0.25) is 0 Å². The van der Waals surface area contributed by atoms with Crippen LogP contribution in [0.5, 0.6) is 0 Å². The molecule has 1 aromatic carbocycles. The Morgan fingerprint density at radius 1 is 1.25 bits per heavy atom. The van der Waals surface area contributed by atoms with E-state index in [1.165, 1.54) is 16.7 Å². The van der Waals surface area contributed by atoms with Crippen LogP contribution in [0, 0.1) is 13.8 Å². The molecule has 24 heavy (non-hydrogen) atoms. The molecule has 1 aliphatic rings. The van der Waals surface area contributed by atoms with Crippen LogP contribution in [-0.4, -0.2) is 47.2 Å². The van der Waals surface area contributed by atoms with Crippen LogP contribution in [0.4, 0.5) is 4.79 Å². The van der Waals surface area contributed by atoms with Crippen molar-refractivity contribution in [2.45, 2.75) is 59.7 Å². The zero-order valence-corrected chi connectivity index (χ0v) is 16.4. The highest BCUT2D eigenvalue weighted by molar-refractivity contribution is 6.30. The van der Waals surface area contributed by atoms with Gasteiger partial charge < -0.3 is 9.64 Å². The Hall–Kier alpha value is -1.26. The number of hydrogen-bond acceptors (Lipinski definition) is 3. The van der Waals surface area contributed by atoms with E-state index in [-0.39, 0.29) is 6.09 Å². The monoisotopic (exact) mass is 352 g/mol. The van der Waals surface area contributed by atoms with Crippen molar-refractivity contribution in [1.82, 2.24) is 9.80 Å². The number of benzene rings is 1. The number of aryl methyl sites for hydroxylation is 2. The van der Waals surface area contributed by atoms with Gasteiger partial charge in [0.25, 0.3) is 0 Å². The van der Waals surface area contributed by atoms with Gasteiger partial charge in [0.05, 0.1) is 0 Å². The van der Waals surface area contributed by atoms with Crippen molar-refractivity contribution in [3.63, 3.8) is 0 Å². The first-order valence-corrected chi connectivity index (χ1v) is 8.92. The third-order valence-corrected chi connectivity index (χ3v) is 4.66. The lowest BCUT2D eigenvalue weighted by Gasteiger charge is -2.40. The lowest BCUT2D eigenvalue weighted by molar-refractivity contribution is 0.00455. The third kappa shape index (κ3) is 4.87. The van der Waals surface area contributed by atoms with Gasteiger partial charge in [0.15, 0.2) is 0 Å². The zero-order valence-electron chi connectivity index (χ0n) is 15.6. The second kappa shape index (κ2) is 7.32. The first-order valence-electron chi connectivity index (χ1n) is 8.54. The van der Waals surface area contributed by atoms with E-state index < -0.39 is 5.60 Å². The minimum Gasteiger partial charge on any atom is -0.444 e. The molecule has 134 valence electrons. The molecule has 5 heteroatoms. The summed E-state index contributed by atoms with van der Waals surface area (Å²) in [5.74, 6) is 0. The van der Waals surface area contributed by atoms with Crippen LogP contribution < -0.4 is 0 Å². The summed E-state index contributed by atoms with van der Waals surface area (Å²) in [5, 5.41) is 0.788. The van der Waals surface area contributed by atoms with Gasteiger partial charge in [-0.25, -0.2) is 4.79 Å². The van der Waals surface area contributed by atoms with E-state index in [1.807, 2.05) is 37.8 Å². The normalized spacial score (nSPS) is 19.5. The van der Waals surface area contributed by atoms with Crippen molar-refractivity contribution in [1.29, 1.82) is 0 Å². The predicted molar refractivity (Wildman–Crippen MR) is 98.6 cm³/mol. The molecular formula is C19H29ClN2O2. The highest BCUT2D eigenvalue weighted by atomic mass is 35.5. The summed E-state index contributed by atoms with van der Waals surface area (Å²) in [6.45, 7) is 15.2. The number of hydrogen-bond donors (Lipinski definition) is 0. The van der Waals surface area contributed by atoms with E-state index in [0.29, 0.717) is 19.1 Å². The molecule has 0 N–H and O–H groups in total. The van der Waals surface area contributed by atoms with Crippen molar-refractivity contribution in [2.75, 3.05) is 19.6 Å². The molecule has 0 spiro atoms. The zero-order chi connectivity index (χ0) is 18.1. The Morgan fingerprint density at radius 2 is 1.83 bits per heavy atom. The van der Waals surface area contributed by atoms with E-state index in [4.69, 9.17) is 16.3 Å². The summed E-state index contributed by atoms with van der Waals surface area (Å²) in [4.78, 5) is 16.5. The molecule has 1 aromatic rings. The summed E-state index contributed by atoms with van der Waals surface area (Å²) in [6, 6.07) is 4.33. The first-order chi connectivity index (χ1) is 11.1. The lowest BCUT2D eigenvalue weighted by Crippen LogP contribution is -2.54. The fourth-order valence-electron chi connectivity index (χ4n) is 3.12. The molecule has 0 aromatic heterocycles.